The summed E-state index contributed by atoms with van der Waals surface area (Å²) in [7, 11) is 0. The summed E-state index contributed by atoms with van der Waals surface area (Å²) in [5.41, 5.74) is 0. The van der Waals surface area contributed by atoms with Crippen LogP contribution in [-0.2, 0) is 11.3 Å². The molecule has 1 aromatic carbocycles. The lowest BCUT2D eigenvalue weighted by atomic mass is 10.3. The highest BCUT2D eigenvalue weighted by molar-refractivity contribution is 6.50. The highest BCUT2D eigenvalue weighted by Gasteiger charge is 2.14. The number of pyridine rings is 1. The first-order valence-corrected chi connectivity index (χ1v) is 8.08. The average molecular weight is 382 g/mol. The first-order valence-electron chi connectivity index (χ1n) is 6.57. The van der Waals surface area contributed by atoms with E-state index < -0.39 is 0 Å². The van der Waals surface area contributed by atoms with Crippen LogP contribution >= 0.6 is 46.4 Å². The van der Waals surface area contributed by atoms with Crippen molar-refractivity contribution in [2.24, 2.45) is 0 Å². The maximum atomic E-state index is 6.05. The van der Waals surface area contributed by atoms with E-state index in [0.717, 1.165) is 6.54 Å². The maximum Gasteiger partial charge on any atom is 0.171 e. The molecule has 7 heteroatoms. The van der Waals surface area contributed by atoms with Crippen LogP contribution in [0.3, 0.4) is 0 Å². The van der Waals surface area contributed by atoms with Crippen LogP contribution in [0.15, 0.2) is 36.7 Å². The fraction of sp³-hybridized carbons (Fsp3) is 0.267. The third-order valence-corrected chi connectivity index (χ3v) is 4.34. The number of halogens is 4. The molecule has 0 aliphatic rings. The zero-order valence-electron chi connectivity index (χ0n) is 11.6. The van der Waals surface area contributed by atoms with Gasteiger partial charge in [0.05, 0.1) is 21.7 Å². The second-order valence-electron chi connectivity index (χ2n) is 4.37. The lowest BCUT2D eigenvalue weighted by Crippen LogP contribution is -2.35. The fourth-order valence-electron chi connectivity index (χ4n) is 1.74. The van der Waals surface area contributed by atoms with Crippen LogP contribution in [0.4, 0.5) is 0 Å². The maximum absolute atomic E-state index is 6.05. The van der Waals surface area contributed by atoms with E-state index in [2.05, 4.69) is 0 Å². The summed E-state index contributed by atoms with van der Waals surface area (Å²) in [5, 5.41) is 1.04. The molecule has 0 amide bonds. The van der Waals surface area contributed by atoms with E-state index in [-0.39, 0.29) is 10.0 Å². The van der Waals surface area contributed by atoms with Crippen molar-refractivity contribution in [2.45, 2.75) is 6.54 Å². The minimum Gasteiger partial charge on any atom is -0.488 e. The molecule has 0 saturated carbocycles. The molecule has 0 radical (unpaired) electrons. The van der Waals surface area contributed by atoms with Gasteiger partial charge in [-0.3, -0.25) is 0 Å². The number of ether oxygens (including phenoxy) is 2. The molecule has 0 spiro atoms. The molecule has 1 aromatic heterocycles. The minimum atomic E-state index is 0.207. The van der Waals surface area contributed by atoms with Crippen molar-refractivity contribution in [1.82, 2.24) is 0 Å². The second kappa shape index (κ2) is 8.80. The van der Waals surface area contributed by atoms with Crippen molar-refractivity contribution in [3.63, 3.8) is 0 Å². The molecule has 3 nitrogen and oxygen atoms in total. The van der Waals surface area contributed by atoms with E-state index in [4.69, 9.17) is 55.9 Å². The third-order valence-electron chi connectivity index (χ3n) is 2.82. The van der Waals surface area contributed by atoms with Gasteiger partial charge in [0.25, 0.3) is 0 Å². The summed E-state index contributed by atoms with van der Waals surface area (Å²) in [6.07, 6.45) is 3.96. The van der Waals surface area contributed by atoms with E-state index in [1.54, 1.807) is 0 Å². The van der Waals surface area contributed by atoms with Crippen molar-refractivity contribution in [1.29, 1.82) is 0 Å². The first kappa shape index (κ1) is 17.6. The van der Waals surface area contributed by atoms with Gasteiger partial charge in [0.15, 0.2) is 24.7 Å². The molecule has 22 heavy (non-hydrogen) atoms. The third kappa shape index (κ3) is 4.90. The van der Waals surface area contributed by atoms with Crippen LogP contribution in [0.5, 0.6) is 5.75 Å². The highest BCUT2D eigenvalue weighted by atomic mass is 35.5. The predicted molar refractivity (Wildman–Crippen MR) is 89.4 cm³/mol. The summed E-state index contributed by atoms with van der Waals surface area (Å²) in [4.78, 5) is 0. The van der Waals surface area contributed by atoms with Crippen molar-refractivity contribution >= 4 is 46.4 Å². The Labute approximate surface area is 149 Å². The summed E-state index contributed by atoms with van der Waals surface area (Å²) < 4.78 is 13.1. The van der Waals surface area contributed by atoms with Gasteiger partial charge >= 0.3 is 0 Å². The molecule has 0 aliphatic carbocycles. The second-order valence-corrected chi connectivity index (χ2v) is 5.94. The molecule has 0 fully saturated rings. The van der Waals surface area contributed by atoms with E-state index >= 15 is 0 Å². The standard InChI is InChI=1S/C15H14Cl4NO2/c16-11-10-12(17)15(14(19)13(11)18)22-9-8-21-7-6-20-4-2-1-3-5-20/h1-5,10H,6-9H2/q+1. The number of benzene rings is 1. The Hall–Kier alpha value is -0.710. The SMILES string of the molecule is Clc1cc(Cl)c(OCCOCC[n+]2ccccc2)c(Cl)c1Cl. The lowest BCUT2D eigenvalue weighted by molar-refractivity contribution is -0.698. The van der Waals surface area contributed by atoms with Crippen molar-refractivity contribution in [2.75, 3.05) is 19.8 Å². The molecular weight excluding hydrogens is 368 g/mol. The van der Waals surface area contributed by atoms with E-state index in [1.165, 1.54) is 6.07 Å². The molecule has 0 atom stereocenters. The Morgan fingerprint density at radius 1 is 0.818 bits per heavy atom. The molecule has 0 aliphatic heterocycles. The highest BCUT2D eigenvalue weighted by Crippen LogP contribution is 2.42. The summed E-state index contributed by atoms with van der Waals surface area (Å²) in [6.45, 7) is 2.09. The summed E-state index contributed by atoms with van der Waals surface area (Å²) in [6, 6.07) is 7.41. The quantitative estimate of drug-likeness (QED) is 0.300. The van der Waals surface area contributed by atoms with Gasteiger partial charge in [-0.2, -0.15) is 0 Å². The molecule has 0 saturated heterocycles. The molecular formula is C15H14Cl4NO2+. The number of rotatable bonds is 7. The smallest absolute Gasteiger partial charge is 0.171 e. The molecule has 2 aromatic rings. The fourth-order valence-corrected chi connectivity index (χ4v) is 2.75. The lowest BCUT2D eigenvalue weighted by Gasteiger charge is -2.11. The van der Waals surface area contributed by atoms with Crippen LogP contribution in [-0.4, -0.2) is 19.8 Å². The van der Waals surface area contributed by atoms with Gasteiger partial charge in [-0.05, 0) is 6.07 Å². The number of nitrogens with zero attached hydrogens (tertiary/aromatic N) is 1. The van der Waals surface area contributed by atoms with E-state index in [1.807, 2.05) is 35.2 Å². The Kier molecular flexibility index (Phi) is 7.06. The van der Waals surface area contributed by atoms with Crippen molar-refractivity contribution < 1.29 is 14.0 Å². The molecule has 2 rings (SSSR count). The van der Waals surface area contributed by atoms with Gasteiger partial charge in [-0.15, -0.1) is 0 Å². The molecule has 1 heterocycles. The first-order chi connectivity index (χ1) is 10.6. The zero-order valence-corrected chi connectivity index (χ0v) is 14.6. The van der Waals surface area contributed by atoms with Crippen LogP contribution in [0, 0.1) is 0 Å². The topological polar surface area (TPSA) is 22.3 Å². The van der Waals surface area contributed by atoms with Crippen LogP contribution < -0.4 is 9.30 Å². The van der Waals surface area contributed by atoms with Crippen LogP contribution in [0.1, 0.15) is 0 Å². The largest absolute Gasteiger partial charge is 0.488 e. The Balaban J connectivity index is 1.74. The van der Waals surface area contributed by atoms with Gasteiger partial charge in [0, 0.05) is 12.1 Å². The average Bonchev–Trinajstić information content (AvgIpc) is 2.52. The molecule has 0 N–H and O–H groups in total. The zero-order chi connectivity index (χ0) is 15.9. The van der Waals surface area contributed by atoms with Gasteiger partial charge in [0.1, 0.15) is 18.2 Å². The summed E-state index contributed by atoms with van der Waals surface area (Å²) in [5.74, 6) is 0.318. The van der Waals surface area contributed by atoms with E-state index in [0.29, 0.717) is 35.6 Å². The predicted octanol–water partition coefficient (Wildman–Crippen LogP) is 4.68. The van der Waals surface area contributed by atoms with Crippen LogP contribution in [0.2, 0.25) is 20.1 Å². The minimum absolute atomic E-state index is 0.207. The Morgan fingerprint density at radius 2 is 1.55 bits per heavy atom. The van der Waals surface area contributed by atoms with Gasteiger partial charge in [0.2, 0.25) is 0 Å². The number of hydrogen-bond donors (Lipinski definition) is 0. The number of hydrogen-bond acceptors (Lipinski definition) is 2. The van der Waals surface area contributed by atoms with E-state index in [9.17, 15) is 0 Å². The van der Waals surface area contributed by atoms with Crippen molar-refractivity contribution in [3.05, 3.63) is 56.7 Å². The van der Waals surface area contributed by atoms with Crippen molar-refractivity contribution in [3.8, 4) is 5.75 Å². The molecule has 118 valence electrons. The van der Waals surface area contributed by atoms with Gasteiger partial charge in [-0.1, -0.05) is 52.5 Å². The summed E-state index contributed by atoms with van der Waals surface area (Å²) >= 11 is 23.9. The number of aromatic nitrogens is 1. The van der Waals surface area contributed by atoms with Gasteiger partial charge < -0.3 is 9.47 Å². The Bertz CT molecular complexity index is 623. The monoisotopic (exact) mass is 380 g/mol. The van der Waals surface area contributed by atoms with Gasteiger partial charge in [-0.25, -0.2) is 4.57 Å². The van der Waals surface area contributed by atoms with Crippen LogP contribution in [0.25, 0.3) is 0 Å². The molecule has 0 bridgehead atoms. The normalized spacial score (nSPS) is 10.7. The Morgan fingerprint density at radius 3 is 2.27 bits per heavy atom. The molecule has 0 unspecified atom stereocenters.